The van der Waals surface area contributed by atoms with E-state index < -0.39 is 0 Å². The van der Waals surface area contributed by atoms with Gasteiger partial charge in [-0.25, -0.2) is 0 Å². The first-order valence-corrected chi connectivity index (χ1v) is 21.8. The summed E-state index contributed by atoms with van der Waals surface area (Å²) in [4.78, 5) is 0. The van der Waals surface area contributed by atoms with Gasteiger partial charge in [-0.2, -0.15) is 0 Å². The average Bonchev–Trinajstić information content (AvgIpc) is 3.78. The average molecular weight is 779 g/mol. The number of hydrogen-bond acceptors (Lipinski definition) is 1. The number of benzene rings is 11. The Hall–Kier alpha value is -7.06. The van der Waals surface area contributed by atoms with E-state index >= 15 is 0 Å². The number of thiophene rings is 1. The molecule has 0 nitrogen and oxygen atoms in total. The molecular weight excluding hydrogens is 741 g/mol. The van der Waals surface area contributed by atoms with E-state index in [0.29, 0.717) is 0 Å². The molecule has 1 aliphatic carbocycles. The largest absolute Gasteiger partial charge is 0.135 e. The van der Waals surface area contributed by atoms with Gasteiger partial charge in [-0.1, -0.05) is 190 Å². The van der Waals surface area contributed by atoms with E-state index in [2.05, 4.69) is 208 Å². The first-order valence-electron chi connectivity index (χ1n) is 21.0. The topological polar surface area (TPSA) is 0 Å². The zero-order chi connectivity index (χ0) is 39.7. The fraction of sp³-hybridized carbons (Fsp3) is 0.0508. The highest BCUT2D eigenvalue weighted by Gasteiger charge is 2.36. The van der Waals surface area contributed by atoms with Crippen molar-refractivity contribution < 1.29 is 0 Å². The molecule has 0 radical (unpaired) electrons. The third kappa shape index (κ3) is 4.67. The molecule has 0 unspecified atom stereocenters. The van der Waals surface area contributed by atoms with Gasteiger partial charge in [0.2, 0.25) is 0 Å². The SMILES string of the molecule is CC1(C)c2ccc(-c3ccc(-c4c5ccccc5c(-c5cccc6ccccc56)c5ccccc45)c4ccccc34)cc2-c2cc3sc4c5ccccc5ccc4c3cc21. The van der Waals surface area contributed by atoms with Crippen molar-refractivity contribution in [2.75, 3.05) is 0 Å². The molecule has 12 aromatic rings. The molecule has 280 valence electrons. The van der Waals surface area contributed by atoms with Gasteiger partial charge in [0.1, 0.15) is 0 Å². The Morgan fingerprint density at radius 3 is 1.52 bits per heavy atom. The normalized spacial score (nSPS) is 13.3. The molecule has 60 heavy (non-hydrogen) atoms. The summed E-state index contributed by atoms with van der Waals surface area (Å²) in [5, 5.41) is 15.5. The summed E-state index contributed by atoms with van der Waals surface area (Å²) in [6.45, 7) is 4.80. The zero-order valence-corrected chi connectivity index (χ0v) is 34.2. The Balaban J connectivity index is 1.01. The van der Waals surface area contributed by atoms with Crippen LogP contribution in [0.3, 0.4) is 0 Å². The van der Waals surface area contributed by atoms with Crippen LogP contribution in [0.2, 0.25) is 0 Å². The molecule has 0 fully saturated rings. The van der Waals surface area contributed by atoms with Gasteiger partial charge in [-0.3, -0.25) is 0 Å². The molecule has 1 heteroatoms. The predicted octanol–water partition coefficient (Wildman–Crippen LogP) is 17.1. The summed E-state index contributed by atoms with van der Waals surface area (Å²) in [7, 11) is 0. The molecule has 11 aromatic carbocycles. The molecule has 1 aromatic heterocycles. The Bertz CT molecular complexity index is 3740. The van der Waals surface area contributed by atoms with Crippen molar-refractivity contribution in [2.24, 2.45) is 0 Å². The zero-order valence-electron chi connectivity index (χ0n) is 33.4. The molecule has 0 bridgehead atoms. The number of rotatable bonds is 3. The molecule has 0 aliphatic heterocycles. The number of hydrogen-bond donors (Lipinski definition) is 0. The van der Waals surface area contributed by atoms with Crippen LogP contribution < -0.4 is 0 Å². The molecule has 0 saturated heterocycles. The van der Waals surface area contributed by atoms with E-state index in [0.717, 1.165) is 0 Å². The maximum absolute atomic E-state index is 2.50. The van der Waals surface area contributed by atoms with Gasteiger partial charge in [-0.05, 0) is 128 Å². The lowest BCUT2D eigenvalue weighted by Gasteiger charge is -2.22. The van der Waals surface area contributed by atoms with Crippen LogP contribution in [0, 0.1) is 0 Å². The molecule has 0 amide bonds. The van der Waals surface area contributed by atoms with Crippen molar-refractivity contribution in [3.63, 3.8) is 0 Å². The minimum atomic E-state index is -0.102. The summed E-state index contributed by atoms with van der Waals surface area (Å²) in [6.07, 6.45) is 0. The molecular formula is C59H38S. The Labute approximate surface area is 352 Å². The van der Waals surface area contributed by atoms with E-state index in [-0.39, 0.29) is 5.41 Å². The summed E-state index contributed by atoms with van der Waals surface area (Å²) in [5.41, 5.74) is 13.1. The minimum absolute atomic E-state index is 0.102. The van der Waals surface area contributed by atoms with Gasteiger partial charge in [0.25, 0.3) is 0 Å². The van der Waals surface area contributed by atoms with E-state index in [1.807, 2.05) is 11.3 Å². The van der Waals surface area contributed by atoms with E-state index in [9.17, 15) is 0 Å². The molecule has 0 spiro atoms. The van der Waals surface area contributed by atoms with E-state index in [4.69, 9.17) is 0 Å². The van der Waals surface area contributed by atoms with Gasteiger partial charge in [0.05, 0.1) is 0 Å². The van der Waals surface area contributed by atoms with Crippen molar-refractivity contribution in [2.45, 2.75) is 19.3 Å². The molecule has 0 atom stereocenters. The highest BCUT2D eigenvalue weighted by atomic mass is 32.1. The number of fused-ring (bicyclic) bond motifs is 12. The third-order valence-corrected chi connectivity index (χ3v) is 14.9. The van der Waals surface area contributed by atoms with Crippen LogP contribution in [0.15, 0.2) is 194 Å². The highest BCUT2D eigenvalue weighted by Crippen LogP contribution is 2.54. The molecule has 0 N–H and O–H groups in total. The van der Waals surface area contributed by atoms with Gasteiger partial charge < -0.3 is 0 Å². The van der Waals surface area contributed by atoms with Crippen molar-refractivity contribution >= 4 is 85.4 Å². The standard InChI is InChI=1S/C59H38S/c1-59(2)53-31-27-37(32-50(53)51-34-55-52(33-54(51)59)49-28-26-36-15-4-6-18-40(36)58(49)60-55)39-29-30-48(42-20-8-7-19-41(39)42)57-46-23-11-9-21-44(46)56(45-22-10-12-24-47(45)57)43-25-13-16-35-14-3-5-17-38(35)43/h3-34H,1-2H3. The fourth-order valence-electron chi connectivity index (χ4n) is 10.8. The first kappa shape index (κ1) is 33.9. The van der Waals surface area contributed by atoms with Crippen molar-refractivity contribution in [1.82, 2.24) is 0 Å². The summed E-state index contributed by atoms with van der Waals surface area (Å²) in [6, 6.07) is 73.0. The lowest BCUT2D eigenvalue weighted by Crippen LogP contribution is -2.14. The lowest BCUT2D eigenvalue weighted by atomic mass is 9.81. The monoisotopic (exact) mass is 778 g/mol. The van der Waals surface area contributed by atoms with Gasteiger partial charge in [0.15, 0.2) is 0 Å². The first-order chi connectivity index (χ1) is 29.5. The van der Waals surface area contributed by atoms with E-state index in [1.54, 1.807) is 0 Å². The second-order valence-electron chi connectivity index (χ2n) is 17.1. The van der Waals surface area contributed by atoms with Gasteiger partial charge >= 0.3 is 0 Å². The lowest BCUT2D eigenvalue weighted by molar-refractivity contribution is 0.661. The fourth-order valence-corrected chi connectivity index (χ4v) is 12.1. The maximum atomic E-state index is 2.50. The van der Waals surface area contributed by atoms with Crippen LogP contribution in [0.25, 0.3) is 119 Å². The Morgan fingerprint density at radius 2 is 0.833 bits per heavy atom. The molecule has 1 aliphatic rings. The summed E-state index contributed by atoms with van der Waals surface area (Å²) < 4.78 is 2.74. The van der Waals surface area contributed by atoms with Crippen LogP contribution in [0.5, 0.6) is 0 Å². The van der Waals surface area contributed by atoms with Crippen LogP contribution in [-0.4, -0.2) is 0 Å². The van der Waals surface area contributed by atoms with Crippen LogP contribution >= 0.6 is 11.3 Å². The van der Waals surface area contributed by atoms with E-state index in [1.165, 1.54) is 130 Å². The second-order valence-corrected chi connectivity index (χ2v) is 18.2. The van der Waals surface area contributed by atoms with Gasteiger partial charge in [0, 0.05) is 25.6 Å². The smallest absolute Gasteiger partial charge is 0.0433 e. The Morgan fingerprint density at radius 1 is 0.317 bits per heavy atom. The van der Waals surface area contributed by atoms with Gasteiger partial charge in [-0.15, -0.1) is 11.3 Å². The molecule has 0 saturated carbocycles. The molecule has 1 heterocycles. The summed E-state index contributed by atoms with van der Waals surface area (Å²) >= 11 is 1.94. The van der Waals surface area contributed by atoms with Crippen LogP contribution in [0.4, 0.5) is 0 Å². The Kier molecular flexibility index (Phi) is 7.04. The maximum Gasteiger partial charge on any atom is 0.0433 e. The second kappa shape index (κ2) is 12.5. The van der Waals surface area contributed by atoms with Crippen molar-refractivity contribution in [1.29, 1.82) is 0 Å². The third-order valence-electron chi connectivity index (χ3n) is 13.7. The van der Waals surface area contributed by atoms with Crippen LogP contribution in [0.1, 0.15) is 25.0 Å². The van der Waals surface area contributed by atoms with Crippen molar-refractivity contribution in [3.8, 4) is 44.5 Å². The summed E-state index contributed by atoms with van der Waals surface area (Å²) in [5.74, 6) is 0. The minimum Gasteiger partial charge on any atom is -0.135 e. The highest BCUT2D eigenvalue weighted by molar-refractivity contribution is 7.26. The molecule has 13 rings (SSSR count). The quantitative estimate of drug-likeness (QED) is 0.157. The van der Waals surface area contributed by atoms with Crippen molar-refractivity contribution in [3.05, 3.63) is 205 Å². The predicted molar refractivity (Wildman–Crippen MR) is 261 cm³/mol. The van der Waals surface area contributed by atoms with Crippen LogP contribution in [-0.2, 0) is 5.41 Å².